The van der Waals surface area contributed by atoms with Crippen LogP contribution in [0.25, 0.3) is 0 Å². The molecule has 21 heavy (non-hydrogen) atoms. The average molecular weight is 320 g/mol. The van der Waals surface area contributed by atoms with Crippen molar-refractivity contribution in [3.63, 3.8) is 0 Å². The Balaban J connectivity index is 2.64. The number of rotatable bonds is 7. The van der Waals surface area contributed by atoms with E-state index < -0.39 is 20.5 Å². The van der Waals surface area contributed by atoms with Gasteiger partial charge < -0.3 is 10.2 Å². The molecule has 0 aromatic heterocycles. The minimum atomic E-state index is -4.62. The first-order valence-corrected chi connectivity index (χ1v) is 7.85. The van der Waals surface area contributed by atoms with Gasteiger partial charge in [0.25, 0.3) is 5.91 Å². The van der Waals surface area contributed by atoms with E-state index in [1.54, 1.807) is 0 Å². The van der Waals surface area contributed by atoms with Gasteiger partial charge in [0.2, 0.25) is 9.84 Å². The van der Waals surface area contributed by atoms with Crippen molar-refractivity contribution in [2.24, 2.45) is 0 Å². The van der Waals surface area contributed by atoms with Crippen molar-refractivity contribution < 1.29 is 22.0 Å². The number of amides is 1. The molecule has 0 spiro atoms. The fourth-order valence-electron chi connectivity index (χ4n) is 1.60. The molecule has 8 heteroatoms. The van der Waals surface area contributed by atoms with E-state index >= 15 is 0 Å². The number of carbonyl (C=O) groups is 1. The van der Waals surface area contributed by atoms with Crippen molar-refractivity contribution in [3.8, 4) is 0 Å². The summed E-state index contributed by atoms with van der Waals surface area (Å²) in [5, 5.41) is 2.67. The van der Waals surface area contributed by atoms with Crippen LogP contribution in [0.5, 0.6) is 0 Å². The van der Waals surface area contributed by atoms with E-state index in [0.29, 0.717) is 6.54 Å². The van der Waals surface area contributed by atoms with Gasteiger partial charge in [0.15, 0.2) is 0 Å². The van der Waals surface area contributed by atoms with Crippen LogP contribution in [-0.2, 0) is 9.84 Å². The van der Waals surface area contributed by atoms with Crippen molar-refractivity contribution in [1.29, 1.82) is 0 Å². The number of carbonyl (C=O) groups excluding carboxylic acids is 1. The van der Waals surface area contributed by atoms with E-state index in [4.69, 9.17) is 0 Å². The molecular formula is C13H18F2N2O3S. The summed E-state index contributed by atoms with van der Waals surface area (Å²) in [7, 11) is -0.779. The molecule has 0 unspecified atom stereocenters. The van der Waals surface area contributed by atoms with Crippen LogP contribution in [0.3, 0.4) is 0 Å². The van der Waals surface area contributed by atoms with Crippen LogP contribution in [0, 0.1) is 0 Å². The summed E-state index contributed by atoms with van der Waals surface area (Å²) >= 11 is 0. The lowest BCUT2D eigenvalue weighted by Gasteiger charge is -2.10. The van der Waals surface area contributed by atoms with Gasteiger partial charge in [-0.1, -0.05) is 0 Å². The van der Waals surface area contributed by atoms with Crippen LogP contribution >= 0.6 is 0 Å². The molecule has 1 aromatic carbocycles. The van der Waals surface area contributed by atoms with Gasteiger partial charge in [0, 0.05) is 12.1 Å². The second kappa shape index (κ2) is 7.46. The lowest BCUT2D eigenvalue weighted by atomic mass is 10.2. The number of benzene rings is 1. The number of sulfone groups is 1. The topological polar surface area (TPSA) is 66.5 Å². The molecule has 1 N–H and O–H groups in total. The van der Waals surface area contributed by atoms with Crippen LogP contribution in [-0.4, -0.2) is 52.2 Å². The highest BCUT2D eigenvalue weighted by atomic mass is 32.2. The molecule has 0 aliphatic rings. The zero-order chi connectivity index (χ0) is 16.0. The van der Waals surface area contributed by atoms with Crippen molar-refractivity contribution in [2.75, 3.05) is 27.2 Å². The monoisotopic (exact) mass is 320 g/mol. The Kier molecular flexibility index (Phi) is 6.22. The molecule has 0 saturated carbocycles. The molecule has 0 aliphatic carbocycles. The fraction of sp³-hybridized carbons (Fsp3) is 0.462. The Labute approximate surface area is 122 Å². The second-order valence-electron chi connectivity index (χ2n) is 4.74. The van der Waals surface area contributed by atoms with E-state index in [9.17, 15) is 22.0 Å². The first-order valence-electron chi connectivity index (χ1n) is 6.30. The maximum absolute atomic E-state index is 12.4. The number of nitrogens with one attached hydrogen (secondary N) is 1. The van der Waals surface area contributed by atoms with Crippen LogP contribution in [0.4, 0.5) is 8.78 Å². The van der Waals surface area contributed by atoms with Crippen molar-refractivity contribution in [1.82, 2.24) is 10.2 Å². The van der Waals surface area contributed by atoms with Gasteiger partial charge in [0.1, 0.15) is 0 Å². The van der Waals surface area contributed by atoms with E-state index in [0.717, 1.165) is 25.1 Å². The number of alkyl halides is 2. The minimum Gasteiger partial charge on any atom is -0.352 e. The fourth-order valence-corrected chi connectivity index (χ4v) is 2.32. The summed E-state index contributed by atoms with van der Waals surface area (Å²) in [6.45, 7) is 1.31. The predicted molar refractivity (Wildman–Crippen MR) is 75.1 cm³/mol. The molecule has 0 saturated heterocycles. The molecule has 1 rings (SSSR count). The number of nitrogens with zero attached hydrogens (tertiary/aromatic N) is 1. The Hall–Kier alpha value is -1.54. The second-order valence-corrected chi connectivity index (χ2v) is 6.66. The van der Waals surface area contributed by atoms with Crippen molar-refractivity contribution in [2.45, 2.75) is 17.1 Å². The smallest absolute Gasteiger partial charge is 0.341 e. The number of halogens is 2. The van der Waals surface area contributed by atoms with E-state index in [2.05, 4.69) is 5.32 Å². The third-order valence-corrected chi connectivity index (χ3v) is 4.15. The maximum atomic E-state index is 12.4. The Morgan fingerprint density at radius 2 is 1.81 bits per heavy atom. The summed E-state index contributed by atoms with van der Waals surface area (Å²) in [6.07, 6.45) is 0.774. The Morgan fingerprint density at radius 1 is 1.24 bits per heavy atom. The summed E-state index contributed by atoms with van der Waals surface area (Å²) in [4.78, 5) is 13.2. The van der Waals surface area contributed by atoms with Gasteiger partial charge in [-0.05, 0) is 51.3 Å². The SMILES string of the molecule is CN(C)CCCNC(=O)c1ccc(S(=O)(=O)C(F)F)cc1. The number of hydrogen-bond acceptors (Lipinski definition) is 4. The third-order valence-electron chi connectivity index (χ3n) is 2.75. The molecule has 0 bridgehead atoms. The Morgan fingerprint density at radius 3 is 2.29 bits per heavy atom. The van der Waals surface area contributed by atoms with Gasteiger partial charge in [-0.2, -0.15) is 8.78 Å². The normalized spacial score (nSPS) is 11.9. The molecule has 0 aliphatic heterocycles. The van der Waals surface area contributed by atoms with Crippen LogP contribution in [0.1, 0.15) is 16.8 Å². The highest BCUT2D eigenvalue weighted by molar-refractivity contribution is 7.91. The maximum Gasteiger partial charge on any atom is 0.341 e. The van der Waals surface area contributed by atoms with Crippen molar-refractivity contribution in [3.05, 3.63) is 29.8 Å². The first kappa shape index (κ1) is 17.5. The largest absolute Gasteiger partial charge is 0.352 e. The van der Waals surface area contributed by atoms with E-state index in [1.807, 2.05) is 19.0 Å². The quantitative estimate of drug-likeness (QED) is 0.771. The number of hydrogen-bond donors (Lipinski definition) is 1. The molecule has 118 valence electrons. The van der Waals surface area contributed by atoms with Gasteiger partial charge >= 0.3 is 5.76 Å². The molecule has 5 nitrogen and oxygen atoms in total. The highest BCUT2D eigenvalue weighted by Crippen LogP contribution is 2.18. The van der Waals surface area contributed by atoms with E-state index in [1.165, 1.54) is 12.1 Å². The van der Waals surface area contributed by atoms with Gasteiger partial charge in [-0.25, -0.2) is 8.42 Å². The molecule has 0 atom stereocenters. The van der Waals surface area contributed by atoms with Gasteiger partial charge in [-0.3, -0.25) is 4.79 Å². The minimum absolute atomic E-state index is 0.230. The molecule has 1 amide bonds. The molecule has 0 heterocycles. The summed E-state index contributed by atoms with van der Waals surface area (Å²) in [5.74, 6) is -3.84. The average Bonchev–Trinajstić information content (AvgIpc) is 2.43. The zero-order valence-corrected chi connectivity index (χ0v) is 12.7. The Bertz CT molecular complexity index is 572. The zero-order valence-electron chi connectivity index (χ0n) is 11.8. The highest BCUT2D eigenvalue weighted by Gasteiger charge is 2.26. The van der Waals surface area contributed by atoms with Crippen LogP contribution in [0.2, 0.25) is 0 Å². The first-order chi connectivity index (χ1) is 9.75. The summed E-state index contributed by atoms with van der Waals surface area (Å²) < 4.78 is 47.2. The van der Waals surface area contributed by atoms with E-state index in [-0.39, 0.29) is 11.5 Å². The lowest BCUT2D eigenvalue weighted by Crippen LogP contribution is -2.27. The predicted octanol–water partition coefficient (Wildman–Crippen LogP) is 1.36. The molecular weight excluding hydrogens is 302 g/mol. The van der Waals surface area contributed by atoms with Crippen molar-refractivity contribution >= 4 is 15.7 Å². The lowest BCUT2D eigenvalue weighted by molar-refractivity contribution is 0.0952. The molecule has 1 aromatic rings. The summed E-state index contributed by atoms with van der Waals surface area (Å²) in [5.41, 5.74) is 0.230. The van der Waals surface area contributed by atoms with Crippen LogP contribution in [0.15, 0.2) is 29.2 Å². The molecule has 0 fully saturated rings. The summed E-state index contributed by atoms with van der Waals surface area (Å²) in [6, 6.07) is 4.46. The molecule has 0 radical (unpaired) electrons. The third kappa shape index (κ3) is 5.05. The van der Waals surface area contributed by atoms with Gasteiger partial charge in [0.05, 0.1) is 4.90 Å². The van der Waals surface area contributed by atoms with Crippen LogP contribution < -0.4 is 5.32 Å². The standard InChI is InChI=1S/C13H18F2N2O3S/c1-17(2)9-3-8-16-12(18)10-4-6-11(7-5-10)21(19,20)13(14)15/h4-7,13H,3,8-9H2,1-2H3,(H,16,18). The van der Waals surface area contributed by atoms with Gasteiger partial charge in [-0.15, -0.1) is 0 Å².